The van der Waals surface area contributed by atoms with E-state index in [9.17, 15) is 0 Å². The maximum absolute atomic E-state index is 6.08. The SMILES string of the molecule is COc1cc(-n2c(N)nc3cccc(C)c32)ccc1Br. The number of nitrogens with two attached hydrogens (primary N) is 1. The van der Waals surface area contributed by atoms with Crippen molar-refractivity contribution in [2.75, 3.05) is 12.8 Å². The van der Waals surface area contributed by atoms with Gasteiger partial charge in [0.1, 0.15) is 5.75 Å². The Morgan fingerprint density at radius 1 is 1.25 bits per heavy atom. The van der Waals surface area contributed by atoms with Crippen molar-refractivity contribution >= 4 is 32.9 Å². The lowest BCUT2D eigenvalue weighted by molar-refractivity contribution is 0.412. The van der Waals surface area contributed by atoms with Gasteiger partial charge in [0.05, 0.1) is 28.3 Å². The largest absolute Gasteiger partial charge is 0.495 e. The van der Waals surface area contributed by atoms with E-state index in [0.29, 0.717) is 5.95 Å². The van der Waals surface area contributed by atoms with E-state index in [1.165, 1.54) is 0 Å². The molecule has 0 aliphatic rings. The highest BCUT2D eigenvalue weighted by molar-refractivity contribution is 9.10. The van der Waals surface area contributed by atoms with Gasteiger partial charge in [-0.2, -0.15) is 0 Å². The standard InChI is InChI=1S/C15H14BrN3O/c1-9-4-3-5-12-14(9)19(15(17)18-12)10-6-7-11(16)13(8-10)20-2/h3-8H,1-2H3,(H2,17,18). The van der Waals surface area contributed by atoms with Crippen LogP contribution in [0.1, 0.15) is 5.56 Å². The number of methoxy groups -OCH3 is 1. The number of nitrogens with zero attached hydrogens (tertiary/aromatic N) is 2. The van der Waals surface area contributed by atoms with Gasteiger partial charge in [-0.05, 0) is 46.6 Å². The Labute approximate surface area is 125 Å². The van der Waals surface area contributed by atoms with Crippen LogP contribution in [0, 0.1) is 6.92 Å². The average Bonchev–Trinajstić information content (AvgIpc) is 2.77. The van der Waals surface area contributed by atoms with Gasteiger partial charge in [-0.3, -0.25) is 4.57 Å². The predicted octanol–water partition coefficient (Wildman–Crippen LogP) is 3.69. The molecule has 0 atom stereocenters. The number of imidazole rings is 1. The number of aryl methyl sites for hydroxylation is 1. The molecule has 1 aromatic heterocycles. The molecule has 0 saturated heterocycles. The molecule has 0 unspecified atom stereocenters. The lowest BCUT2D eigenvalue weighted by Crippen LogP contribution is -2.01. The van der Waals surface area contributed by atoms with Crippen molar-refractivity contribution < 1.29 is 4.74 Å². The van der Waals surface area contributed by atoms with E-state index in [0.717, 1.165) is 32.5 Å². The third-order valence-electron chi connectivity index (χ3n) is 3.30. The fraction of sp³-hybridized carbons (Fsp3) is 0.133. The highest BCUT2D eigenvalue weighted by atomic mass is 79.9. The molecule has 3 rings (SSSR count). The summed E-state index contributed by atoms with van der Waals surface area (Å²) in [5, 5.41) is 0. The number of para-hydroxylation sites is 1. The first-order valence-electron chi connectivity index (χ1n) is 6.19. The van der Waals surface area contributed by atoms with Gasteiger partial charge in [0, 0.05) is 6.07 Å². The van der Waals surface area contributed by atoms with Crippen molar-refractivity contribution in [2.24, 2.45) is 0 Å². The van der Waals surface area contributed by atoms with Crippen LogP contribution in [0.2, 0.25) is 0 Å². The van der Waals surface area contributed by atoms with Crippen LogP contribution in [-0.4, -0.2) is 16.7 Å². The monoisotopic (exact) mass is 331 g/mol. The zero-order valence-electron chi connectivity index (χ0n) is 11.2. The van der Waals surface area contributed by atoms with Crippen LogP contribution in [0.5, 0.6) is 5.75 Å². The summed E-state index contributed by atoms with van der Waals surface area (Å²) in [6.45, 7) is 2.05. The minimum absolute atomic E-state index is 0.471. The Kier molecular flexibility index (Phi) is 3.14. The van der Waals surface area contributed by atoms with Gasteiger partial charge in [-0.1, -0.05) is 12.1 Å². The van der Waals surface area contributed by atoms with Crippen molar-refractivity contribution in [1.82, 2.24) is 9.55 Å². The van der Waals surface area contributed by atoms with E-state index in [1.807, 2.05) is 34.9 Å². The van der Waals surface area contributed by atoms with Gasteiger partial charge in [-0.25, -0.2) is 4.98 Å². The van der Waals surface area contributed by atoms with E-state index < -0.39 is 0 Å². The Morgan fingerprint density at radius 2 is 2.05 bits per heavy atom. The first-order valence-corrected chi connectivity index (χ1v) is 6.98. The van der Waals surface area contributed by atoms with Crippen molar-refractivity contribution in [3.05, 3.63) is 46.4 Å². The molecule has 4 nitrogen and oxygen atoms in total. The van der Waals surface area contributed by atoms with E-state index in [2.05, 4.69) is 33.9 Å². The second-order valence-corrected chi connectivity index (χ2v) is 5.42. The number of hydrogen-bond acceptors (Lipinski definition) is 3. The van der Waals surface area contributed by atoms with Crippen LogP contribution >= 0.6 is 15.9 Å². The molecule has 0 aliphatic heterocycles. The molecule has 0 spiro atoms. The molecular weight excluding hydrogens is 318 g/mol. The summed E-state index contributed by atoms with van der Waals surface area (Å²) < 4.78 is 8.19. The maximum Gasteiger partial charge on any atom is 0.205 e. The van der Waals surface area contributed by atoms with Gasteiger partial charge in [-0.15, -0.1) is 0 Å². The van der Waals surface area contributed by atoms with Crippen molar-refractivity contribution in [3.8, 4) is 11.4 Å². The van der Waals surface area contributed by atoms with E-state index in [4.69, 9.17) is 10.5 Å². The molecule has 0 saturated carbocycles. The topological polar surface area (TPSA) is 53.1 Å². The summed E-state index contributed by atoms with van der Waals surface area (Å²) in [5.74, 6) is 1.23. The molecule has 0 amide bonds. The summed E-state index contributed by atoms with van der Waals surface area (Å²) in [7, 11) is 1.64. The number of ether oxygens (including phenoxy) is 1. The van der Waals surface area contributed by atoms with E-state index >= 15 is 0 Å². The zero-order valence-corrected chi connectivity index (χ0v) is 12.8. The Bertz CT molecular complexity index is 795. The van der Waals surface area contributed by atoms with Crippen LogP contribution in [0.4, 0.5) is 5.95 Å². The molecule has 3 aromatic rings. The fourth-order valence-electron chi connectivity index (χ4n) is 2.36. The molecule has 2 N–H and O–H groups in total. The smallest absolute Gasteiger partial charge is 0.205 e. The van der Waals surface area contributed by atoms with Crippen LogP contribution in [0.15, 0.2) is 40.9 Å². The molecule has 5 heteroatoms. The summed E-state index contributed by atoms with van der Waals surface area (Å²) in [6.07, 6.45) is 0. The number of aromatic nitrogens is 2. The third-order valence-corrected chi connectivity index (χ3v) is 3.95. The second kappa shape index (κ2) is 4.83. The molecule has 0 aliphatic carbocycles. The average molecular weight is 332 g/mol. The molecule has 102 valence electrons. The number of nitrogen functional groups attached to an aromatic ring is 1. The molecule has 2 aromatic carbocycles. The van der Waals surface area contributed by atoms with Crippen LogP contribution in [0.25, 0.3) is 16.7 Å². The summed E-state index contributed by atoms with van der Waals surface area (Å²) in [6, 6.07) is 11.9. The molecule has 0 radical (unpaired) electrons. The number of anilines is 1. The van der Waals surface area contributed by atoms with Gasteiger partial charge in [0.15, 0.2) is 0 Å². The summed E-state index contributed by atoms with van der Waals surface area (Å²) in [5.41, 5.74) is 10.1. The summed E-state index contributed by atoms with van der Waals surface area (Å²) >= 11 is 3.46. The highest BCUT2D eigenvalue weighted by Gasteiger charge is 2.13. The Balaban J connectivity index is 2.32. The van der Waals surface area contributed by atoms with Crippen molar-refractivity contribution in [2.45, 2.75) is 6.92 Å². The Hall–Kier alpha value is -2.01. The number of fused-ring (bicyclic) bond motifs is 1. The van der Waals surface area contributed by atoms with Crippen LogP contribution in [-0.2, 0) is 0 Å². The van der Waals surface area contributed by atoms with Gasteiger partial charge in [0.25, 0.3) is 0 Å². The Morgan fingerprint density at radius 3 is 2.80 bits per heavy atom. The normalized spacial score (nSPS) is 10.9. The number of halogens is 1. The highest BCUT2D eigenvalue weighted by Crippen LogP contribution is 2.31. The van der Waals surface area contributed by atoms with Crippen LogP contribution in [0.3, 0.4) is 0 Å². The quantitative estimate of drug-likeness (QED) is 0.779. The zero-order chi connectivity index (χ0) is 14.3. The molecule has 1 heterocycles. The van der Waals surface area contributed by atoms with Crippen molar-refractivity contribution in [1.29, 1.82) is 0 Å². The summed E-state index contributed by atoms with van der Waals surface area (Å²) in [4.78, 5) is 4.42. The van der Waals surface area contributed by atoms with Crippen LogP contribution < -0.4 is 10.5 Å². The van der Waals surface area contributed by atoms with E-state index in [-0.39, 0.29) is 0 Å². The number of rotatable bonds is 2. The predicted molar refractivity (Wildman–Crippen MR) is 84.5 cm³/mol. The number of hydrogen-bond donors (Lipinski definition) is 1. The first kappa shape index (κ1) is 13.0. The third kappa shape index (κ3) is 1.94. The lowest BCUT2D eigenvalue weighted by Gasteiger charge is -2.11. The molecular formula is C15H14BrN3O. The minimum atomic E-state index is 0.471. The number of benzene rings is 2. The molecule has 0 bridgehead atoms. The second-order valence-electron chi connectivity index (χ2n) is 4.57. The van der Waals surface area contributed by atoms with E-state index in [1.54, 1.807) is 7.11 Å². The molecule has 20 heavy (non-hydrogen) atoms. The fourth-order valence-corrected chi connectivity index (χ4v) is 2.77. The first-order chi connectivity index (χ1) is 9.61. The lowest BCUT2D eigenvalue weighted by atomic mass is 10.2. The van der Waals surface area contributed by atoms with Gasteiger partial charge < -0.3 is 10.5 Å². The minimum Gasteiger partial charge on any atom is -0.495 e. The van der Waals surface area contributed by atoms with Crippen molar-refractivity contribution in [3.63, 3.8) is 0 Å². The van der Waals surface area contributed by atoms with Gasteiger partial charge in [0.2, 0.25) is 5.95 Å². The maximum atomic E-state index is 6.08. The molecule has 0 fully saturated rings. The van der Waals surface area contributed by atoms with Gasteiger partial charge >= 0.3 is 0 Å².